The number of nitrogens with zero attached hydrogens (tertiary/aromatic N) is 4. The van der Waals surface area contributed by atoms with Crippen molar-refractivity contribution in [3.8, 4) is 0 Å². The molecule has 0 spiro atoms. The van der Waals surface area contributed by atoms with Gasteiger partial charge in [0.05, 0.1) is 12.4 Å². The molecular formula is C14H22N4S2. The van der Waals surface area contributed by atoms with Gasteiger partial charge in [0, 0.05) is 48.2 Å². The van der Waals surface area contributed by atoms with E-state index in [0.717, 1.165) is 37.8 Å². The molecule has 0 N–H and O–H groups in total. The molecule has 1 aromatic heterocycles. The van der Waals surface area contributed by atoms with E-state index in [0.29, 0.717) is 10.5 Å². The number of hydrogen-bond donors (Lipinski definition) is 0. The third-order valence-corrected chi connectivity index (χ3v) is 6.01. The van der Waals surface area contributed by atoms with Crippen molar-refractivity contribution >= 4 is 35.2 Å². The van der Waals surface area contributed by atoms with Crippen LogP contribution < -0.4 is 9.80 Å². The van der Waals surface area contributed by atoms with Crippen molar-refractivity contribution in [2.45, 2.75) is 24.3 Å². The van der Waals surface area contributed by atoms with Gasteiger partial charge in [0.25, 0.3) is 0 Å². The lowest BCUT2D eigenvalue weighted by Crippen LogP contribution is -2.39. The Hall–Kier alpha value is -0.620. The Morgan fingerprint density at radius 1 is 0.950 bits per heavy atom. The van der Waals surface area contributed by atoms with Crippen molar-refractivity contribution in [3.63, 3.8) is 0 Å². The number of rotatable bonds is 2. The second-order valence-electron chi connectivity index (χ2n) is 5.49. The first kappa shape index (κ1) is 14.3. The zero-order chi connectivity index (χ0) is 13.9. The van der Waals surface area contributed by atoms with Gasteiger partial charge in [0.2, 0.25) is 0 Å². The Morgan fingerprint density at radius 2 is 1.45 bits per heavy atom. The summed E-state index contributed by atoms with van der Waals surface area (Å²) < 4.78 is 0. The third kappa shape index (κ3) is 3.34. The van der Waals surface area contributed by atoms with Crippen molar-refractivity contribution in [2.24, 2.45) is 0 Å². The molecular weight excluding hydrogens is 288 g/mol. The normalized spacial score (nSPS) is 27.7. The van der Waals surface area contributed by atoms with Gasteiger partial charge in [-0.25, -0.2) is 4.98 Å². The van der Waals surface area contributed by atoms with Crippen molar-refractivity contribution in [3.05, 3.63) is 12.4 Å². The van der Waals surface area contributed by atoms with Crippen LogP contribution in [-0.4, -0.2) is 58.2 Å². The topological polar surface area (TPSA) is 32.3 Å². The molecule has 3 rings (SSSR count). The predicted octanol–water partition coefficient (Wildman–Crippen LogP) is 2.36. The molecule has 110 valence electrons. The number of thioether (sulfide) groups is 2. The molecule has 20 heavy (non-hydrogen) atoms. The molecule has 2 aliphatic rings. The highest BCUT2D eigenvalue weighted by molar-refractivity contribution is 8.00. The molecule has 0 radical (unpaired) electrons. The second-order valence-corrected chi connectivity index (χ2v) is 8.58. The van der Waals surface area contributed by atoms with Crippen molar-refractivity contribution in [2.75, 3.05) is 47.5 Å². The Labute approximate surface area is 129 Å². The molecule has 4 nitrogen and oxygen atoms in total. The molecule has 2 fully saturated rings. The van der Waals surface area contributed by atoms with Gasteiger partial charge in [0.1, 0.15) is 11.6 Å². The smallest absolute Gasteiger partial charge is 0.149 e. The fourth-order valence-corrected chi connectivity index (χ4v) is 4.73. The highest BCUT2D eigenvalue weighted by Crippen LogP contribution is 2.25. The summed E-state index contributed by atoms with van der Waals surface area (Å²) in [7, 11) is 0. The standard InChI is InChI=1S/C14H22N4S2/c1-11-9-17(3-5-19-11)13-7-15-8-14(16-13)18-4-6-20-12(2)10-18/h7-8,11-12H,3-6,9-10H2,1-2H3/t11-,12+. The number of anilines is 2. The Morgan fingerprint density at radius 3 is 1.90 bits per heavy atom. The first-order valence-corrected chi connectivity index (χ1v) is 9.37. The number of hydrogen-bond acceptors (Lipinski definition) is 6. The summed E-state index contributed by atoms with van der Waals surface area (Å²) in [5.74, 6) is 4.45. The average molecular weight is 310 g/mol. The van der Waals surface area contributed by atoms with Crippen LogP contribution in [0.5, 0.6) is 0 Å². The van der Waals surface area contributed by atoms with E-state index >= 15 is 0 Å². The lowest BCUT2D eigenvalue weighted by Gasteiger charge is -2.34. The Kier molecular flexibility index (Phi) is 4.61. The molecule has 2 saturated heterocycles. The lowest BCUT2D eigenvalue weighted by molar-refractivity contribution is 0.746. The maximum atomic E-state index is 4.86. The summed E-state index contributed by atoms with van der Waals surface area (Å²) in [4.78, 5) is 14.0. The Balaban J connectivity index is 1.75. The summed E-state index contributed by atoms with van der Waals surface area (Å²) in [6.45, 7) is 8.90. The van der Waals surface area contributed by atoms with Gasteiger partial charge in [-0.3, -0.25) is 4.98 Å². The molecule has 1 aromatic rings. The first-order valence-electron chi connectivity index (χ1n) is 7.27. The van der Waals surface area contributed by atoms with Crippen LogP contribution in [0.3, 0.4) is 0 Å². The fourth-order valence-electron chi connectivity index (χ4n) is 2.70. The van der Waals surface area contributed by atoms with Crippen molar-refractivity contribution in [1.82, 2.24) is 9.97 Å². The van der Waals surface area contributed by atoms with E-state index in [9.17, 15) is 0 Å². The van der Waals surface area contributed by atoms with Crippen LogP contribution in [0.15, 0.2) is 12.4 Å². The minimum absolute atomic E-state index is 0.681. The minimum Gasteiger partial charge on any atom is -0.353 e. The molecule has 0 saturated carbocycles. The quantitative estimate of drug-likeness (QED) is 0.834. The van der Waals surface area contributed by atoms with Gasteiger partial charge in [-0.05, 0) is 0 Å². The Bertz CT molecular complexity index is 419. The van der Waals surface area contributed by atoms with E-state index in [1.165, 1.54) is 11.5 Å². The number of aromatic nitrogens is 2. The third-order valence-electron chi connectivity index (χ3n) is 3.74. The molecule has 0 aromatic carbocycles. The van der Waals surface area contributed by atoms with Gasteiger partial charge in [-0.15, -0.1) is 0 Å². The van der Waals surface area contributed by atoms with Crippen LogP contribution in [0.4, 0.5) is 11.6 Å². The van der Waals surface area contributed by atoms with Crippen LogP contribution in [-0.2, 0) is 0 Å². The van der Waals surface area contributed by atoms with Crippen LogP contribution >= 0.6 is 23.5 Å². The summed E-state index contributed by atoms with van der Waals surface area (Å²) >= 11 is 4.09. The van der Waals surface area contributed by atoms with Gasteiger partial charge < -0.3 is 9.80 Å². The first-order chi connectivity index (χ1) is 9.72. The van der Waals surface area contributed by atoms with E-state index in [1.807, 2.05) is 35.9 Å². The molecule has 3 heterocycles. The van der Waals surface area contributed by atoms with E-state index in [-0.39, 0.29) is 0 Å². The fraction of sp³-hybridized carbons (Fsp3) is 0.714. The van der Waals surface area contributed by atoms with E-state index in [2.05, 4.69) is 28.6 Å². The van der Waals surface area contributed by atoms with Gasteiger partial charge in [0.15, 0.2) is 0 Å². The maximum Gasteiger partial charge on any atom is 0.149 e. The lowest BCUT2D eigenvalue weighted by atomic mass is 10.3. The van der Waals surface area contributed by atoms with E-state index in [4.69, 9.17) is 4.98 Å². The van der Waals surface area contributed by atoms with Gasteiger partial charge >= 0.3 is 0 Å². The molecule has 2 atom stereocenters. The van der Waals surface area contributed by atoms with E-state index < -0.39 is 0 Å². The predicted molar refractivity (Wildman–Crippen MR) is 90.3 cm³/mol. The van der Waals surface area contributed by atoms with Crippen LogP contribution in [0.2, 0.25) is 0 Å². The molecule has 0 unspecified atom stereocenters. The zero-order valence-corrected chi connectivity index (χ0v) is 13.8. The van der Waals surface area contributed by atoms with Crippen LogP contribution in [0.25, 0.3) is 0 Å². The van der Waals surface area contributed by atoms with Crippen LogP contribution in [0, 0.1) is 0 Å². The summed E-state index contributed by atoms with van der Waals surface area (Å²) in [6.07, 6.45) is 3.82. The maximum absolute atomic E-state index is 4.86. The van der Waals surface area contributed by atoms with E-state index in [1.54, 1.807) is 0 Å². The van der Waals surface area contributed by atoms with Crippen molar-refractivity contribution in [1.29, 1.82) is 0 Å². The average Bonchev–Trinajstić information content (AvgIpc) is 2.47. The SMILES string of the molecule is C[C@@H]1CN(c2cncc(N3CCS[C@@H](C)C3)n2)CCS1. The molecule has 0 bridgehead atoms. The van der Waals surface area contributed by atoms with Crippen LogP contribution in [0.1, 0.15) is 13.8 Å². The monoisotopic (exact) mass is 310 g/mol. The second kappa shape index (κ2) is 6.43. The highest BCUT2D eigenvalue weighted by Gasteiger charge is 2.21. The highest BCUT2D eigenvalue weighted by atomic mass is 32.2. The van der Waals surface area contributed by atoms with Crippen molar-refractivity contribution < 1.29 is 0 Å². The molecule has 2 aliphatic heterocycles. The minimum atomic E-state index is 0.681. The summed E-state index contributed by atoms with van der Waals surface area (Å²) in [5.41, 5.74) is 0. The molecule has 0 amide bonds. The summed E-state index contributed by atoms with van der Waals surface area (Å²) in [5, 5.41) is 1.36. The summed E-state index contributed by atoms with van der Waals surface area (Å²) in [6, 6.07) is 0. The largest absolute Gasteiger partial charge is 0.353 e. The molecule has 0 aliphatic carbocycles. The zero-order valence-electron chi connectivity index (χ0n) is 12.2. The van der Waals surface area contributed by atoms with Gasteiger partial charge in [-0.2, -0.15) is 23.5 Å². The molecule has 6 heteroatoms. The van der Waals surface area contributed by atoms with Gasteiger partial charge in [-0.1, -0.05) is 13.8 Å².